The standard InChI is InChI=1S/C10H9F2NO3/c11-8-5-7(3-1-2-4-14)10(13(15)16)6-9(8)12/h1,3,5-6,14H,2,4H2. The number of rotatable bonds is 4. The fraction of sp³-hybridized carbons (Fsp3) is 0.200. The van der Waals surface area contributed by atoms with Crippen LogP contribution < -0.4 is 0 Å². The summed E-state index contributed by atoms with van der Waals surface area (Å²) in [5, 5.41) is 19.1. The number of benzene rings is 1. The molecule has 1 aromatic carbocycles. The van der Waals surface area contributed by atoms with Gasteiger partial charge in [-0.2, -0.15) is 0 Å². The highest BCUT2D eigenvalue weighted by Crippen LogP contribution is 2.23. The van der Waals surface area contributed by atoms with Crippen LogP contribution in [0.3, 0.4) is 0 Å². The van der Waals surface area contributed by atoms with Crippen molar-refractivity contribution in [3.05, 3.63) is 45.5 Å². The van der Waals surface area contributed by atoms with E-state index in [1.807, 2.05) is 0 Å². The van der Waals surface area contributed by atoms with Crippen LogP contribution in [-0.4, -0.2) is 16.6 Å². The summed E-state index contributed by atoms with van der Waals surface area (Å²) in [6.07, 6.45) is 3.01. The third kappa shape index (κ3) is 2.83. The van der Waals surface area contributed by atoms with Crippen LogP contribution in [0.4, 0.5) is 14.5 Å². The number of nitro groups is 1. The van der Waals surface area contributed by atoms with Gasteiger partial charge in [0, 0.05) is 6.61 Å². The molecule has 1 aromatic rings. The predicted molar refractivity (Wildman–Crippen MR) is 53.7 cm³/mol. The van der Waals surface area contributed by atoms with Crippen LogP contribution in [0.15, 0.2) is 18.2 Å². The highest BCUT2D eigenvalue weighted by atomic mass is 19.2. The van der Waals surface area contributed by atoms with Crippen molar-refractivity contribution in [2.75, 3.05) is 6.61 Å². The second-order valence-corrected chi connectivity index (χ2v) is 3.00. The summed E-state index contributed by atoms with van der Waals surface area (Å²) in [7, 11) is 0. The first kappa shape index (κ1) is 12.3. The fourth-order valence-corrected chi connectivity index (χ4v) is 1.13. The molecular weight excluding hydrogens is 220 g/mol. The van der Waals surface area contributed by atoms with Gasteiger partial charge < -0.3 is 5.11 Å². The van der Waals surface area contributed by atoms with Gasteiger partial charge in [-0.05, 0) is 12.5 Å². The molecular formula is C10H9F2NO3. The van der Waals surface area contributed by atoms with Crippen LogP contribution >= 0.6 is 0 Å². The maximum absolute atomic E-state index is 12.9. The average molecular weight is 229 g/mol. The van der Waals surface area contributed by atoms with Crippen molar-refractivity contribution in [2.45, 2.75) is 6.42 Å². The van der Waals surface area contributed by atoms with Crippen LogP contribution in [0.2, 0.25) is 0 Å². The molecule has 0 saturated carbocycles. The first-order valence-corrected chi connectivity index (χ1v) is 4.47. The molecule has 6 heteroatoms. The largest absolute Gasteiger partial charge is 0.396 e. The second kappa shape index (κ2) is 5.32. The number of aliphatic hydroxyl groups excluding tert-OH is 1. The van der Waals surface area contributed by atoms with Crippen molar-refractivity contribution in [3.8, 4) is 0 Å². The van der Waals surface area contributed by atoms with E-state index in [0.717, 1.165) is 6.07 Å². The highest BCUT2D eigenvalue weighted by Gasteiger charge is 2.16. The lowest BCUT2D eigenvalue weighted by Gasteiger charge is -1.99. The van der Waals surface area contributed by atoms with Crippen molar-refractivity contribution in [1.82, 2.24) is 0 Å². The fourth-order valence-electron chi connectivity index (χ4n) is 1.13. The summed E-state index contributed by atoms with van der Waals surface area (Å²) in [6, 6.07) is 1.29. The molecule has 0 spiro atoms. The molecule has 0 fully saturated rings. The summed E-state index contributed by atoms with van der Waals surface area (Å²) in [6.45, 7) is -0.117. The summed E-state index contributed by atoms with van der Waals surface area (Å²) >= 11 is 0. The third-order valence-corrected chi connectivity index (χ3v) is 1.86. The monoisotopic (exact) mass is 229 g/mol. The summed E-state index contributed by atoms with van der Waals surface area (Å²) in [5.41, 5.74) is -0.537. The zero-order valence-electron chi connectivity index (χ0n) is 8.19. The summed E-state index contributed by atoms with van der Waals surface area (Å²) < 4.78 is 25.6. The minimum Gasteiger partial charge on any atom is -0.396 e. The Morgan fingerprint density at radius 2 is 2.00 bits per heavy atom. The number of hydrogen-bond donors (Lipinski definition) is 1. The highest BCUT2D eigenvalue weighted by molar-refractivity contribution is 5.61. The first-order chi connectivity index (χ1) is 7.56. The van der Waals surface area contributed by atoms with E-state index >= 15 is 0 Å². The van der Waals surface area contributed by atoms with Gasteiger partial charge in [0.25, 0.3) is 5.69 Å². The molecule has 4 nitrogen and oxygen atoms in total. The molecule has 86 valence electrons. The van der Waals surface area contributed by atoms with Crippen LogP contribution in [0.1, 0.15) is 12.0 Å². The number of halogens is 2. The van der Waals surface area contributed by atoms with E-state index in [2.05, 4.69) is 0 Å². The zero-order valence-corrected chi connectivity index (χ0v) is 8.19. The molecule has 1 N–H and O–H groups in total. The van der Waals surface area contributed by atoms with Crippen LogP contribution in [0, 0.1) is 21.7 Å². The molecule has 0 atom stereocenters. The molecule has 0 radical (unpaired) electrons. The van der Waals surface area contributed by atoms with Crippen molar-refractivity contribution in [2.24, 2.45) is 0 Å². The normalized spacial score (nSPS) is 10.9. The second-order valence-electron chi connectivity index (χ2n) is 3.00. The van der Waals surface area contributed by atoms with Crippen molar-refractivity contribution in [3.63, 3.8) is 0 Å². The van der Waals surface area contributed by atoms with Crippen molar-refractivity contribution in [1.29, 1.82) is 0 Å². The van der Waals surface area contributed by atoms with Gasteiger partial charge in [-0.15, -0.1) is 0 Å². The van der Waals surface area contributed by atoms with Crippen LogP contribution in [-0.2, 0) is 0 Å². The third-order valence-electron chi connectivity index (χ3n) is 1.86. The van der Waals surface area contributed by atoms with E-state index in [9.17, 15) is 18.9 Å². The van der Waals surface area contributed by atoms with Gasteiger partial charge in [-0.3, -0.25) is 10.1 Å². The average Bonchev–Trinajstić information content (AvgIpc) is 2.23. The Bertz CT molecular complexity index is 432. The molecule has 0 aliphatic rings. The minimum absolute atomic E-state index is 0.0302. The maximum Gasteiger partial charge on any atom is 0.279 e. The molecule has 0 bridgehead atoms. The molecule has 0 aliphatic heterocycles. The SMILES string of the molecule is O=[N+]([O-])c1cc(F)c(F)cc1C=CCCO. The smallest absolute Gasteiger partial charge is 0.279 e. The van der Waals surface area contributed by atoms with Gasteiger partial charge in [0.15, 0.2) is 11.6 Å². The van der Waals surface area contributed by atoms with Gasteiger partial charge in [0.05, 0.1) is 16.6 Å². The Labute approximate surface area is 90.0 Å². The Kier molecular flexibility index (Phi) is 4.07. The molecule has 0 heterocycles. The Balaban J connectivity index is 3.14. The summed E-state index contributed by atoms with van der Waals surface area (Å²) in [5.74, 6) is -2.40. The Hall–Kier alpha value is -1.82. The first-order valence-electron chi connectivity index (χ1n) is 4.47. The van der Waals surface area contributed by atoms with Gasteiger partial charge >= 0.3 is 0 Å². The van der Waals surface area contributed by atoms with Gasteiger partial charge in [-0.1, -0.05) is 12.2 Å². The number of aliphatic hydroxyl groups is 1. The van der Waals surface area contributed by atoms with E-state index in [1.165, 1.54) is 12.2 Å². The number of hydrogen-bond acceptors (Lipinski definition) is 3. The molecule has 0 aromatic heterocycles. The minimum atomic E-state index is -1.26. The number of nitrogens with zero attached hydrogens (tertiary/aromatic N) is 1. The van der Waals surface area contributed by atoms with E-state index < -0.39 is 22.2 Å². The van der Waals surface area contributed by atoms with Gasteiger partial charge in [-0.25, -0.2) is 8.78 Å². The quantitative estimate of drug-likeness (QED) is 0.636. The maximum atomic E-state index is 12.9. The molecule has 16 heavy (non-hydrogen) atoms. The van der Waals surface area contributed by atoms with Crippen molar-refractivity contribution < 1.29 is 18.8 Å². The van der Waals surface area contributed by atoms with E-state index in [0.29, 0.717) is 6.07 Å². The van der Waals surface area contributed by atoms with Crippen LogP contribution in [0.5, 0.6) is 0 Å². The lowest BCUT2D eigenvalue weighted by atomic mass is 10.1. The molecule has 0 saturated heterocycles. The zero-order chi connectivity index (χ0) is 12.1. The van der Waals surface area contributed by atoms with Gasteiger partial charge in [0.2, 0.25) is 0 Å². The molecule has 1 rings (SSSR count). The van der Waals surface area contributed by atoms with Gasteiger partial charge in [0.1, 0.15) is 0 Å². The Morgan fingerprint density at radius 3 is 2.56 bits per heavy atom. The summed E-state index contributed by atoms with van der Waals surface area (Å²) in [4.78, 5) is 9.76. The van der Waals surface area contributed by atoms with E-state index in [4.69, 9.17) is 5.11 Å². The molecule has 0 amide bonds. The molecule has 0 unspecified atom stereocenters. The van der Waals surface area contributed by atoms with E-state index in [-0.39, 0.29) is 18.6 Å². The lowest BCUT2D eigenvalue weighted by Crippen LogP contribution is -1.95. The lowest BCUT2D eigenvalue weighted by molar-refractivity contribution is -0.385. The van der Waals surface area contributed by atoms with E-state index in [1.54, 1.807) is 0 Å². The Morgan fingerprint density at radius 1 is 1.38 bits per heavy atom. The topological polar surface area (TPSA) is 63.4 Å². The number of nitro benzene ring substituents is 1. The van der Waals surface area contributed by atoms with Crippen molar-refractivity contribution >= 4 is 11.8 Å². The molecule has 0 aliphatic carbocycles. The predicted octanol–water partition coefficient (Wildman–Crippen LogP) is 2.27. The van der Waals surface area contributed by atoms with Crippen LogP contribution in [0.25, 0.3) is 6.08 Å².